The zero-order valence-electron chi connectivity index (χ0n) is 14.1. The topological polar surface area (TPSA) is 110 Å². The minimum absolute atomic E-state index is 0.0537. The second-order valence-corrected chi connectivity index (χ2v) is 7.98. The molecule has 0 spiro atoms. The first kappa shape index (κ1) is 17.4. The number of nitrogens with one attached hydrogen (secondary N) is 1. The van der Waals surface area contributed by atoms with E-state index < -0.39 is 28.0 Å². The van der Waals surface area contributed by atoms with Gasteiger partial charge in [-0.1, -0.05) is 41.6 Å². The lowest BCUT2D eigenvalue weighted by atomic mass is 10.0. The molecule has 1 aliphatic rings. The first-order chi connectivity index (χ1) is 13.0. The van der Waals surface area contributed by atoms with Crippen molar-refractivity contribution in [3.8, 4) is 11.3 Å². The van der Waals surface area contributed by atoms with Gasteiger partial charge in [-0.15, -0.1) is 0 Å². The molecule has 8 heteroatoms. The molecule has 1 heterocycles. The van der Waals surface area contributed by atoms with Crippen LogP contribution in [-0.4, -0.2) is 24.7 Å². The molecule has 2 aromatic carbocycles. The molecule has 0 radical (unpaired) electrons. The molecule has 0 amide bonds. The van der Waals surface area contributed by atoms with E-state index in [-0.39, 0.29) is 11.3 Å². The number of aromatic nitrogens is 1. The van der Waals surface area contributed by atoms with E-state index in [1.807, 2.05) is 0 Å². The van der Waals surface area contributed by atoms with Gasteiger partial charge in [0, 0.05) is 17.7 Å². The van der Waals surface area contributed by atoms with Crippen LogP contribution in [0.2, 0.25) is 0 Å². The van der Waals surface area contributed by atoms with Crippen molar-refractivity contribution >= 4 is 16.0 Å². The van der Waals surface area contributed by atoms with Gasteiger partial charge in [0.1, 0.15) is 0 Å². The molecule has 1 aromatic heterocycles. The fourth-order valence-electron chi connectivity index (χ4n) is 3.49. The molecular formula is C19H16N2O5S. The van der Waals surface area contributed by atoms with E-state index in [1.165, 1.54) is 12.3 Å². The maximum Gasteiger partial charge on any atom is 0.311 e. The zero-order chi connectivity index (χ0) is 19.0. The Morgan fingerprint density at radius 3 is 2.48 bits per heavy atom. The lowest BCUT2D eigenvalue weighted by Gasteiger charge is -2.16. The number of rotatable bonds is 5. The highest BCUT2D eigenvalue weighted by molar-refractivity contribution is 7.89. The SMILES string of the molecule is O=C(O)C1CC(NS(=O)(=O)c2ccccc2-c2ccno2)c2ccccc21. The highest BCUT2D eigenvalue weighted by atomic mass is 32.2. The Bertz CT molecular complexity index is 1090. The number of hydrogen-bond acceptors (Lipinski definition) is 5. The van der Waals surface area contributed by atoms with Crippen LogP contribution < -0.4 is 4.72 Å². The van der Waals surface area contributed by atoms with Crippen LogP contribution in [0.1, 0.15) is 29.5 Å². The Morgan fingerprint density at radius 2 is 1.78 bits per heavy atom. The summed E-state index contributed by atoms with van der Waals surface area (Å²) in [7, 11) is -3.92. The Kier molecular flexibility index (Phi) is 4.29. The number of benzene rings is 2. The lowest BCUT2D eigenvalue weighted by Crippen LogP contribution is -2.28. The lowest BCUT2D eigenvalue weighted by molar-refractivity contribution is -0.138. The molecule has 0 bridgehead atoms. The first-order valence-electron chi connectivity index (χ1n) is 8.31. The van der Waals surface area contributed by atoms with Gasteiger partial charge in [0.15, 0.2) is 5.76 Å². The molecule has 0 saturated heterocycles. The van der Waals surface area contributed by atoms with E-state index in [4.69, 9.17) is 4.52 Å². The highest BCUT2D eigenvalue weighted by Gasteiger charge is 2.37. The van der Waals surface area contributed by atoms with Gasteiger partial charge < -0.3 is 9.63 Å². The molecule has 0 saturated carbocycles. The molecule has 2 N–H and O–H groups in total. The van der Waals surface area contributed by atoms with Gasteiger partial charge >= 0.3 is 5.97 Å². The molecule has 138 valence electrons. The zero-order valence-corrected chi connectivity index (χ0v) is 14.9. The molecule has 7 nitrogen and oxygen atoms in total. The normalized spacial score (nSPS) is 19.0. The molecule has 0 fully saturated rings. The largest absolute Gasteiger partial charge is 0.481 e. The fourth-order valence-corrected chi connectivity index (χ4v) is 4.93. The number of carboxylic acid groups (broad SMARTS) is 1. The standard InChI is InChI=1S/C19H16N2O5S/c22-19(23)15-11-16(13-6-2-1-5-12(13)15)21-27(24,25)18-8-4-3-7-14(18)17-9-10-20-26-17/h1-10,15-16,21H,11H2,(H,22,23). The number of carboxylic acids is 1. The number of fused-ring (bicyclic) bond motifs is 1. The summed E-state index contributed by atoms with van der Waals surface area (Å²) in [5.41, 5.74) is 1.72. The first-order valence-corrected chi connectivity index (χ1v) is 9.80. The van der Waals surface area contributed by atoms with Crippen LogP contribution in [0.25, 0.3) is 11.3 Å². The van der Waals surface area contributed by atoms with Gasteiger partial charge in [-0.3, -0.25) is 4.79 Å². The molecule has 4 rings (SSSR count). The van der Waals surface area contributed by atoms with Crippen molar-refractivity contribution in [2.24, 2.45) is 0 Å². The van der Waals surface area contributed by atoms with Crippen molar-refractivity contribution in [3.05, 3.63) is 71.9 Å². The van der Waals surface area contributed by atoms with Crippen molar-refractivity contribution in [2.75, 3.05) is 0 Å². The molecule has 0 aliphatic heterocycles. The highest BCUT2D eigenvalue weighted by Crippen LogP contribution is 2.41. The van der Waals surface area contributed by atoms with Crippen LogP contribution >= 0.6 is 0 Å². The molecular weight excluding hydrogens is 368 g/mol. The molecule has 1 aliphatic carbocycles. The van der Waals surface area contributed by atoms with E-state index in [9.17, 15) is 18.3 Å². The van der Waals surface area contributed by atoms with E-state index in [0.717, 1.165) is 0 Å². The van der Waals surface area contributed by atoms with Gasteiger partial charge in [0.05, 0.1) is 17.0 Å². The summed E-state index contributed by atoms with van der Waals surface area (Å²) in [6.07, 6.45) is 1.61. The third-order valence-electron chi connectivity index (χ3n) is 4.69. The molecule has 3 aromatic rings. The van der Waals surface area contributed by atoms with Crippen LogP contribution in [0.3, 0.4) is 0 Å². The Balaban J connectivity index is 1.71. The Hall–Kier alpha value is -2.97. The molecule has 2 atom stereocenters. The van der Waals surface area contributed by atoms with Crippen LogP contribution in [0.4, 0.5) is 0 Å². The van der Waals surface area contributed by atoms with Crippen molar-refractivity contribution in [1.82, 2.24) is 9.88 Å². The van der Waals surface area contributed by atoms with Gasteiger partial charge in [0.2, 0.25) is 10.0 Å². The van der Waals surface area contributed by atoms with E-state index >= 15 is 0 Å². The summed E-state index contributed by atoms with van der Waals surface area (Å²) in [5, 5.41) is 13.1. The number of nitrogens with zero attached hydrogens (tertiary/aromatic N) is 1. The minimum Gasteiger partial charge on any atom is -0.481 e. The van der Waals surface area contributed by atoms with E-state index in [2.05, 4.69) is 9.88 Å². The van der Waals surface area contributed by atoms with Crippen molar-refractivity contribution in [2.45, 2.75) is 23.3 Å². The van der Waals surface area contributed by atoms with Crippen LogP contribution in [0.5, 0.6) is 0 Å². The molecule has 2 unspecified atom stereocenters. The van der Waals surface area contributed by atoms with Crippen molar-refractivity contribution < 1.29 is 22.8 Å². The number of carbonyl (C=O) groups is 1. The maximum absolute atomic E-state index is 13.1. The number of sulfonamides is 1. The average molecular weight is 384 g/mol. The summed E-state index contributed by atoms with van der Waals surface area (Å²) >= 11 is 0. The second kappa shape index (κ2) is 6.64. The van der Waals surface area contributed by atoms with Crippen molar-refractivity contribution in [1.29, 1.82) is 0 Å². The fraction of sp³-hybridized carbons (Fsp3) is 0.158. The van der Waals surface area contributed by atoms with E-state index in [0.29, 0.717) is 22.5 Å². The van der Waals surface area contributed by atoms with Crippen LogP contribution in [-0.2, 0) is 14.8 Å². The minimum atomic E-state index is -3.92. The smallest absolute Gasteiger partial charge is 0.311 e. The van der Waals surface area contributed by atoms with Gasteiger partial charge in [-0.2, -0.15) is 0 Å². The van der Waals surface area contributed by atoms with Crippen LogP contribution in [0, 0.1) is 0 Å². The predicted molar refractivity (Wildman–Crippen MR) is 96.4 cm³/mol. The Morgan fingerprint density at radius 1 is 1.07 bits per heavy atom. The second-order valence-electron chi connectivity index (χ2n) is 6.30. The average Bonchev–Trinajstić information content (AvgIpc) is 3.30. The monoisotopic (exact) mass is 384 g/mol. The van der Waals surface area contributed by atoms with Gasteiger partial charge in [0.25, 0.3) is 0 Å². The number of hydrogen-bond donors (Lipinski definition) is 2. The Labute approximate surface area is 155 Å². The third kappa shape index (κ3) is 3.13. The summed E-state index contributed by atoms with van der Waals surface area (Å²) in [4.78, 5) is 11.6. The quantitative estimate of drug-likeness (QED) is 0.700. The maximum atomic E-state index is 13.1. The summed E-state index contributed by atoms with van der Waals surface area (Å²) < 4.78 is 33.9. The van der Waals surface area contributed by atoms with E-state index in [1.54, 1.807) is 48.5 Å². The van der Waals surface area contributed by atoms with Crippen LogP contribution in [0.15, 0.2) is 70.2 Å². The molecule has 27 heavy (non-hydrogen) atoms. The van der Waals surface area contributed by atoms with Gasteiger partial charge in [-0.05, 0) is 29.7 Å². The summed E-state index contributed by atoms with van der Waals surface area (Å²) in [6.45, 7) is 0. The van der Waals surface area contributed by atoms with Gasteiger partial charge in [-0.25, -0.2) is 13.1 Å². The predicted octanol–water partition coefficient (Wildman–Crippen LogP) is 2.93. The van der Waals surface area contributed by atoms with Crippen molar-refractivity contribution in [3.63, 3.8) is 0 Å². The summed E-state index contributed by atoms with van der Waals surface area (Å²) in [5.74, 6) is -1.36. The summed E-state index contributed by atoms with van der Waals surface area (Å²) in [6, 6.07) is 14.4. The third-order valence-corrected chi connectivity index (χ3v) is 6.22. The number of aliphatic carboxylic acids is 1.